The van der Waals surface area contributed by atoms with Gasteiger partial charge in [-0.15, -0.1) is 0 Å². The predicted molar refractivity (Wildman–Crippen MR) is 159 cm³/mol. The molecule has 1 N–H and O–H groups in total. The van der Waals surface area contributed by atoms with E-state index in [1.54, 1.807) is 0 Å². The van der Waals surface area contributed by atoms with Crippen molar-refractivity contribution in [2.45, 2.75) is 122 Å². The lowest BCUT2D eigenvalue weighted by Gasteiger charge is -2.63. The van der Waals surface area contributed by atoms with E-state index >= 15 is 0 Å². The molecule has 254 valence electrons. The zero-order valence-electron chi connectivity index (χ0n) is 26.7. The van der Waals surface area contributed by atoms with Gasteiger partial charge >= 0.3 is 12.4 Å². The Balaban J connectivity index is 1.28. The Morgan fingerprint density at radius 1 is 0.911 bits per heavy atom. The van der Waals surface area contributed by atoms with Crippen LogP contribution in [0.1, 0.15) is 116 Å². The number of carbonyl (C=O) groups excluding carboxylic acids is 1. The number of alkyl halides is 6. The fraction of sp³-hybridized carbons (Fsp3) is 0.794. The molecule has 11 heteroatoms. The number of hydrogen-bond acceptors (Lipinski definition) is 3. The van der Waals surface area contributed by atoms with E-state index in [-0.39, 0.29) is 29.9 Å². The van der Waals surface area contributed by atoms with E-state index in [2.05, 4.69) is 20.8 Å². The van der Waals surface area contributed by atoms with Gasteiger partial charge in [-0.25, -0.2) is 13.1 Å². The molecule has 0 bridgehead atoms. The summed E-state index contributed by atoms with van der Waals surface area (Å²) in [7, 11) is -5.46. The number of halogens is 6. The molecule has 1 aromatic rings. The molecule has 1 aromatic carbocycles. The van der Waals surface area contributed by atoms with E-state index < -0.39 is 44.3 Å². The Bertz CT molecular complexity index is 1340. The van der Waals surface area contributed by atoms with Crippen molar-refractivity contribution < 1.29 is 39.6 Å². The molecule has 0 spiro atoms. The van der Waals surface area contributed by atoms with Crippen molar-refractivity contribution in [3.63, 3.8) is 0 Å². The van der Waals surface area contributed by atoms with Crippen molar-refractivity contribution in [2.24, 2.45) is 52.3 Å². The van der Waals surface area contributed by atoms with Gasteiger partial charge in [-0.1, -0.05) is 53.0 Å². The Morgan fingerprint density at radius 2 is 1.53 bits per heavy atom. The molecule has 0 aromatic heterocycles. The number of benzene rings is 1. The van der Waals surface area contributed by atoms with Crippen LogP contribution in [0.25, 0.3) is 0 Å². The summed E-state index contributed by atoms with van der Waals surface area (Å²) >= 11 is 0. The first-order chi connectivity index (χ1) is 20.8. The summed E-state index contributed by atoms with van der Waals surface area (Å²) in [6.07, 6.45) is 1.48. The third-order valence-corrected chi connectivity index (χ3v) is 14.5. The van der Waals surface area contributed by atoms with Crippen LogP contribution in [-0.4, -0.2) is 14.3 Å². The number of nitrogens with one attached hydrogen (secondary N) is 1. The Labute approximate surface area is 263 Å². The molecule has 45 heavy (non-hydrogen) atoms. The summed E-state index contributed by atoms with van der Waals surface area (Å²) in [5.41, 5.74) is -3.44. The Hall–Kier alpha value is -1.78. The molecule has 0 heterocycles. The summed E-state index contributed by atoms with van der Waals surface area (Å²) in [6.45, 7) is 9.32. The number of rotatable bonds is 7. The van der Waals surface area contributed by atoms with Crippen LogP contribution in [0.15, 0.2) is 23.1 Å². The third-order valence-electron chi connectivity index (χ3n) is 13.0. The molecule has 1 amide bonds. The van der Waals surface area contributed by atoms with Crippen molar-refractivity contribution >= 4 is 15.9 Å². The number of hydrogen-bond donors (Lipinski definition) is 1. The van der Waals surface area contributed by atoms with Crippen LogP contribution in [0, 0.1) is 52.3 Å². The van der Waals surface area contributed by atoms with E-state index in [9.17, 15) is 39.6 Å². The second-order valence-corrected chi connectivity index (χ2v) is 16.7. The van der Waals surface area contributed by atoms with Crippen LogP contribution in [0.2, 0.25) is 0 Å². The maximum atomic E-state index is 13.6. The molecule has 0 aliphatic heterocycles. The van der Waals surface area contributed by atoms with Crippen molar-refractivity contribution in [3.8, 4) is 0 Å². The molecule has 3 unspecified atom stereocenters. The molecule has 0 radical (unpaired) electrons. The van der Waals surface area contributed by atoms with Crippen LogP contribution in [0.5, 0.6) is 0 Å². The minimum atomic E-state index is -5.46. The summed E-state index contributed by atoms with van der Waals surface area (Å²) in [5, 5.41) is 0. The smallest absolute Gasteiger partial charge is 0.274 e. The lowest BCUT2D eigenvalue weighted by molar-refractivity contribution is -0.147. The monoisotopic (exact) mass is 663 g/mol. The summed E-state index contributed by atoms with van der Waals surface area (Å²) in [5.74, 6) is 2.81. The number of carbonyl (C=O) groups is 1. The molecule has 4 aliphatic carbocycles. The molecule has 4 nitrogen and oxygen atoms in total. The fourth-order valence-electron chi connectivity index (χ4n) is 11.1. The average molecular weight is 664 g/mol. The molecular formula is C34H47F6NO3S. The highest BCUT2D eigenvalue weighted by Crippen LogP contribution is 2.69. The van der Waals surface area contributed by atoms with E-state index in [4.69, 9.17) is 0 Å². The Kier molecular flexibility index (Phi) is 9.24. The highest BCUT2D eigenvalue weighted by Gasteiger charge is 2.61. The molecule has 4 saturated carbocycles. The molecular weight excluding hydrogens is 616 g/mol. The third kappa shape index (κ3) is 6.17. The standard InChI is InChI=1S/C34H47F6NO3S/c1-5-21-19-22-25-14-13-23(32(25,4)18-16-26(22)31(3)17-7-6-9-24(21)31)20(2)12-15-29(42)41-45(43,44)30-27(33(35,36)37)10-8-11-28(30)34(38,39)40/h8,10-11,20-26H,5-7,9,12-19H2,1-4H3,(H,41,42)/t20-,21+,22?,23-,24+,25?,26?,31+,32-/m1/s1. The molecule has 0 saturated heterocycles. The maximum absolute atomic E-state index is 13.6. The molecule has 4 aliphatic rings. The topological polar surface area (TPSA) is 63.2 Å². The van der Waals surface area contributed by atoms with Gasteiger partial charge in [0.15, 0.2) is 0 Å². The quantitative estimate of drug-likeness (QED) is 0.296. The largest absolute Gasteiger partial charge is 0.417 e. The van der Waals surface area contributed by atoms with Gasteiger partial charge in [0.2, 0.25) is 5.91 Å². The van der Waals surface area contributed by atoms with Crippen molar-refractivity contribution in [1.82, 2.24) is 4.72 Å². The first-order valence-corrected chi connectivity index (χ1v) is 18.2. The van der Waals surface area contributed by atoms with Crippen molar-refractivity contribution in [3.05, 3.63) is 29.3 Å². The highest BCUT2D eigenvalue weighted by atomic mass is 32.2. The van der Waals surface area contributed by atoms with Gasteiger partial charge in [0, 0.05) is 6.42 Å². The summed E-state index contributed by atoms with van der Waals surface area (Å²) in [4.78, 5) is 10.8. The first-order valence-electron chi connectivity index (χ1n) is 16.7. The van der Waals surface area contributed by atoms with Crippen molar-refractivity contribution in [2.75, 3.05) is 0 Å². The van der Waals surface area contributed by atoms with Gasteiger partial charge in [0.1, 0.15) is 4.90 Å². The number of sulfonamides is 1. The van der Waals surface area contributed by atoms with Gasteiger partial charge in [-0.3, -0.25) is 4.79 Å². The lowest BCUT2D eigenvalue weighted by atomic mass is 9.42. The van der Waals surface area contributed by atoms with Crippen LogP contribution in [-0.2, 0) is 27.2 Å². The number of amides is 1. The second-order valence-electron chi connectivity index (χ2n) is 15.1. The van der Waals surface area contributed by atoms with Gasteiger partial charge in [0.05, 0.1) is 11.1 Å². The number of fused-ring (bicyclic) bond motifs is 5. The fourth-order valence-corrected chi connectivity index (χ4v) is 12.5. The predicted octanol–water partition coefficient (Wildman–Crippen LogP) is 9.63. The van der Waals surface area contributed by atoms with Crippen LogP contribution in [0.3, 0.4) is 0 Å². The lowest BCUT2D eigenvalue weighted by Crippen LogP contribution is -2.55. The van der Waals surface area contributed by atoms with Gasteiger partial charge in [-0.2, -0.15) is 26.3 Å². The zero-order chi connectivity index (χ0) is 33.2. The van der Waals surface area contributed by atoms with Gasteiger partial charge < -0.3 is 0 Å². The minimum absolute atomic E-state index is 0.0433. The van der Waals surface area contributed by atoms with Crippen LogP contribution in [0.4, 0.5) is 26.3 Å². The summed E-state index contributed by atoms with van der Waals surface area (Å²) < 4.78 is 109. The van der Waals surface area contributed by atoms with E-state index in [0.29, 0.717) is 35.7 Å². The second kappa shape index (κ2) is 12.0. The maximum Gasteiger partial charge on any atom is 0.417 e. The Morgan fingerprint density at radius 3 is 2.13 bits per heavy atom. The van der Waals surface area contributed by atoms with Crippen molar-refractivity contribution in [1.29, 1.82) is 0 Å². The normalized spacial score (nSPS) is 36.0. The van der Waals surface area contributed by atoms with E-state index in [1.807, 2.05) is 6.92 Å². The summed E-state index contributed by atoms with van der Waals surface area (Å²) in [6, 6.07) is 1.04. The SMILES string of the molecule is CC[C@H]1CC2C3CC[C@H]([C@H](C)CCC(=O)NS(=O)(=O)c4c(C(F)(F)F)cccc4C(F)(F)F)[C@@]3(C)CCC2[C@@]2(C)CCCC[C@@H]12. The molecule has 4 fully saturated rings. The molecule has 9 atom stereocenters. The molecule has 5 rings (SSSR count). The van der Waals surface area contributed by atoms with E-state index in [1.165, 1.54) is 49.7 Å². The van der Waals surface area contributed by atoms with E-state index in [0.717, 1.165) is 37.0 Å². The highest BCUT2D eigenvalue weighted by molar-refractivity contribution is 7.90. The average Bonchev–Trinajstić information content (AvgIpc) is 3.31. The van der Waals surface area contributed by atoms with Crippen LogP contribution < -0.4 is 4.72 Å². The first kappa shape index (κ1) is 34.6. The van der Waals surface area contributed by atoms with Gasteiger partial charge in [-0.05, 0) is 116 Å². The van der Waals surface area contributed by atoms with Gasteiger partial charge in [0.25, 0.3) is 10.0 Å². The minimum Gasteiger partial charge on any atom is -0.274 e. The van der Waals surface area contributed by atoms with Crippen LogP contribution >= 0.6 is 0 Å². The zero-order valence-corrected chi connectivity index (χ0v) is 27.5.